The van der Waals surface area contributed by atoms with E-state index < -0.39 is 24.8 Å². The molecule has 0 aromatic rings. The van der Waals surface area contributed by atoms with Crippen molar-refractivity contribution in [2.24, 2.45) is 0 Å². The molecule has 0 spiro atoms. The Morgan fingerprint density at radius 2 is 1.20 bits per heavy atom. The van der Waals surface area contributed by atoms with Crippen LogP contribution in [0.15, 0.2) is 0 Å². The van der Waals surface area contributed by atoms with Crippen LogP contribution in [-0.4, -0.2) is 17.4 Å². The van der Waals surface area contributed by atoms with Crippen molar-refractivity contribution in [2.75, 3.05) is 0 Å². The van der Waals surface area contributed by atoms with Crippen LogP contribution in [0.3, 0.4) is 0 Å². The number of hydrogen-bond acceptors (Lipinski definition) is 5. The van der Waals surface area contributed by atoms with Crippen molar-refractivity contribution in [3.05, 3.63) is 0 Å². The van der Waals surface area contributed by atoms with Crippen LogP contribution in [0.5, 0.6) is 0 Å². The molecule has 0 fully saturated rings. The summed E-state index contributed by atoms with van der Waals surface area (Å²) >= 11 is 0. The van der Waals surface area contributed by atoms with Crippen molar-refractivity contribution in [3.63, 3.8) is 0 Å². The van der Waals surface area contributed by atoms with Crippen LogP contribution in [-0.2, 0) is 26.7 Å². The van der Waals surface area contributed by atoms with Crippen molar-refractivity contribution in [1.82, 2.24) is 0 Å². The summed E-state index contributed by atoms with van der Waals surface area (Å²) < 4.78 is 0. The molecule has 0 aliphatic carbocycles. The fraction of sp³-hybridized carbons (Fsp3) is 0.500. The first-order valence-corrected chi connectivity index (χ1v) is 2.02. The molecule has 5 nitrogen and oxygen atoms in total. The van der Waals surface area contributed by atoms with Crippen molar-refractivity contribution < 1.29 is 42.3 Å². The van der Waals surface area contributed by atoms with E-state index in [1.807, 2.05) is 0 Å². The number of aliphatic carboxylic acids is 2. The van der Waals surface area contributed by atoms with Crippen LogP contribution in [0, 0.1) is 0 Å². The Morgan fingerprint density at radius 3 is 1.30 bits per heavy atom. The average molecular weight is 189 g/mol. The van der Waals surface area contributed by atoms with Gasteiger partial charge in [0.05, 0.1) is 0 Å². The minimum atomic E-state index is -1.37. The van der Waals surface area contributed by atoms with Gasteiger partial charge in [-0.2, -0.15) is 0 Å². The van der Waals surface area contributed by atoms with Gasteiger partial charge in [0.25, 0.3) is 0 Å². The molecule has 0 heterocycles. The van der Waals surface area contributed by atoms with Crippen LogP contribution >= 0.6 is 0 Å². The van der Waals surface area contributed by atoms with Crippen molar-refractivity contribution in [3.8, 4) is 0 Å². The zero-order valence-corrected chi connectivity index (χ0v) is 5.95. The standard InChI is InChI=1S/C4H6O4.Fe.H2O/c5-3(6)1-2-4(7)8;;/h1-2H2,(H,5,6)(H,7,8);;1H2/p-3. The Morgan fingerprint density at radius 1 is 1.00 bits per heavy atom. The summed E-state index contributed by atoms with van der Waals surface area (Å²) in [7, 11) is 0. The molecular weight excluding hydrogens is 184 g/mol. The van der Waals surface area contributed by atoms with Gasteiger partial charge in [0.15, 0.2) is 0 Å². The maximum absolute atomic E-state index is 9.50. The fourth-order valence-corrected chi connectivity index (χ4v) is 0.204. The van der Waals surface area contributed by atoms with Gasteiger partial charge in [-0.1, -0.05) is 0 Å². The van der Waals surface area contributed by atoms with E-state index in [9.17, 15) is 19.8 Å². The Labute approximate surface area is 67.8 Å². The monoisotopic (exact) mass is 189 g/mol. The predicted octanol–water partition coefficient (Wildman–Crippen LogP) is -2.91. The number of rotatable bonds is 3. The molecule has 0 amide bonds. The van der Waals surface area contributed by atoms with Gasteiger partial charge in [-0.05, 0) is 12.8 Å². The van der Waals surface area contributed by atoms with Crippen LogP contribution in [0.1, 0.15) is 12.8 Å². The molecule has 62 valence electrons. The summed E-state index contributed by atoms with van der Waals surface area (Å²) in [5, 5.41) is 19.0. The van der Waals surface area contributed by atoms with Crippen LogP contribution in [0.4, 0.5) is 0 Å². The first-order chi connectivity index (χ1) is 3.63. The first kappa shape index (κ1) is 16.2. The molecule has 0 aromatic carbocycles. The van der Waals surface area contributed by atoms with E-state index in [4.69, 9.17) is 0 Å². The molecule has 0 saturated heterocycles. The molecule has 0 aliphatic heterocycles. The SMILES string of the molecule is O=C([O-])CCC(=O)[O-].[Fe].[OH-]. The normalized spacial score (nSPS) is 6.80. The minimum absolute atomic E-state index is 0. The van der Waals surface area contributed by atoms with E-state index in [2.05, 4.69) is 0 Å². The number of carbonyl (C=O) groups excluding carboxylic acids is 2. The minimum Gasteiger partial charge on any atom is -0.870 e. The molecule has 0 bridgehead atoms. The summed E-state index contributed by atoms with van der Waals surface area (Å²) in [6.07, 6.45) is -0.940. The molecule has 0 radical (unpaired) electrons. The molecule has 0 aliphatic rings. The van der Waals surface area contributed by atoms with Crippen LogP contribution < -0.4 is 10.2 Å². The third kappa shape index (κ3) is 15.7. The smallest absolute Gasteiger partial charge is 0.0418 e. The zero-order valence-electron chi connectivity index (χ0n) is 4.85. The number of carboxylic acid groups (broad SMARTS) is 2. The summed E-state index contributed by atoms with van der Waals surface area (Å²) in [6.45, 7) is 0. The quantitative estimate of drug-likeness (QED) is 0.441. The third-order valence-corrected chi connectivity index (χ3v) is 0.533. The molecular formula is C4H5FeO5-3. The van der Waals surface area contributed by atoms with E-state index >= 15 is 0 Å². The Hall–Kier alpha value is -0.581. The van der Waals surface area contributed by atoms with Crippen LogP contribution in [0.2, 0.25) is 0 Å². The first-order valence-electron chi connectivity index (χ1n) is 2.02. The van der Waals surface area contributed by atoms with E-state index in [-0.39, 0.29) is 22.5 Å². The van der Waals surface area contributed by atoms with E-state index in [1.165, 1.54) is 0 Å². The third-order valence-electron chi connectivity index (χ3n) is 0.533. The molecule has 6 heteroatoms. The maximum atomic E-state index is 9.50. The van der Waals surface area contributed by atoms with Gasteiger partial charge in [-0.3, -0.25) is 0 Å². The second-order valence-corrected chi connectivity index (χ2v) is 1.24. The van der Waals surface area contributed by atoms with E-state index in [1.54, 1.807) is 0 Å². The maximum Gasteiger partial charge on any atom is 0.0418 e. The number of hydrogen-bond donors (Lipinski definition) is 0. The molecule has 0 aromatic heterocycles. The van der Waals surface area contributed by atoms with Gasteiger partial charge in [-0.25, -0.2) is 0 Å². The molecule has 0 rings (SSSR count). The van der Waals surface area contributed by atoms with Crippen molar-refractivity contribution >= 4 is 11.9 Å². The van der Waals surface area contributed by atoms with Gasteiger partial charge in [-0.15, -0.1) is 0 Å². The Kier molecular flexibility index (Phi) is 13.6. The average Bonchev–Trinajstić information content (AvgIpc) is 1.61. The zero-order chi connectivity index (χ0) is 6.57. The van der Waals surface area contributed by atoms with Gasteiger partial charge in [0, 0.05) is 29.0 Å². The Balaban J connectivity index is -0.000000245. The summed E-state index contributed by atoms with van der Waals surface area (Å²) in [5.41, 5.74) is 0. The van der Waals surface area contributed by atoms with Crippen molar-refractivity contribution in [2.45, 2.75) is 12.8 Å². The molecule has 10 heavy (non-hydrogen) atoms. The number of carboxylic acids is 2. The topological polar surface area (TPSA) is 110 Å². The second-order valence-electron chi connectivity index (χ2n) is 1.24. The molecule has 1 N–H and O–H groups in total. The predicted molar refractivity (Wildman–Crippen MR) is 21.2 cm³/mol. The second kappa shape index (κ2) is 8.42. The van der Waals surface area contributed by atoms with E-state index in [0.29, 0.717) is 0 Å². The summed E-state index contributed by atoms with van der Waals surface area (Å²) in [6, 6.07) is 0. The van der Waals surface area contributed by atoms with Gasteiger partial charge in [0.1, 0.15) is 0 Å². The molecule has 0 unspecified atom stereocenters. The number of carbonyl (C=O) groups is 2. The largest absolute Gasteiger partial charge is 0.870 e. The van der Waals surface area contributed by atoms with Crippen molar-refractivity contribution in [1.29, 1.82) is 0 Å². The summed E-state index contributed by atoms with van der Waals surface area (Å²) in [4.78, 5) is 19.0. The van der Waals surface area contributed by atoms with E-state index in [0.717, 1.165) is 0 Å². The molecule has 0 atom stereocenters. The van der Waals surface area contributed by atoms with Gasteiger partial charge >= 0.3 is 0 Å². The van der Waals surface area contributed by atoms with Gasteiger partial charge in [0.2, 0.25) is 0 Å². The fourth-order valence-electron chi connectivity index (χ4n) is 0.204. The van der Waals surface area contributed by atoms with Gasteiger partial charge < -0.3 is 25.3 Å². The van der Waals surface area contributed by atoms with Crippen LogP contribution in [0.25, 0.3) is 0 Å². The Bertz CT molecular complexity index is 98.2. The summed E-state index contributed by atoms with van der Waals surface area (Å²) in [5.74, 6) is -2.73. The molecule has 0 saturated carbocycles.